The number of urea groups is 1. The minimum Gasteiger partial charge on any atom is -0.338 e. The zero-order chi connectivity index (χ0) is 16.7. The van der Waals surface area contributed by atoms with Crippen LogP contribution < -0.4 is 10.6 Å². The first kappa shape index (κ1) is 17.2. The highest BCUT2D eigenvalue weighted by Gasteiger charge is 2.11. The number of carbonyl (C=O) groups is 1. The Morgan fingerprint density at radius 3 is 2.30 bits per heavy atom. The molecular weight excluding hydrogens is 325 g/mol. The Kier molecular flexibility index (Phi) is 6.34. The van der Waals surface area contributed by atoms with Gasteiger partial charge in [0.15, 0.2) is 0 Å². The molecule has 0 bridgehead atoms. The molecule has 7 heteroatoms. The molecule has 2 rings (SSSR count). The number of benzene rings is 2. The number of amides is 2. The molecule has 0 radical (unpaired) electrons. The van der Waals surface area contributed by atoms with Gasteiger partial charge in [-0.15, -0.1) is 11.8 Å². The van der Waals surface area contributed by atoms with Crippen LogP contribution >= 0.6 is 11.8 Å². The smallest absolute Gasteiger partial charge is 0.319 e. The van der Waals surface area contributed by atoms with Gasteiger partial charge in [0.2, 0.25) is 0 Å². The van der Waals surface area contributed by atoms with E-state index in [0.29, 0.717) is 13.0 Å². The van der Waals surface area contributed by atoms with Gasteiger partial charge in [-0.3, -0.25) is 0 Å². The molecule has 0 saturated heterocycles. The molecule has 2 aromatic carbocycles. The highest BCUT2D eigenvalue weighted by Crippen LogP contribution is 2.19. The van der Waals surface area contributed by atoms with Crippen LogP contribution in [0.2, 0.25) is 0 Å². The van der Waals surface area contributed by atoms with Crippen molar-refractivity contribution in [1.29, 1.82) is 0 Å². The molecular formula is C16H15F3N2OS. The third-order valence-electron chi connectivity index (χ3n) is 2.89. The number of para-hydroxylation sites is 1. The maximum Gasteiger partial charge on any atom is 0.319 e. The van der Waals surface area contributed by atoms with E-state index < -0.39 is 23.4 Å². The van der Waals surface area contributed by atoms with Crippen LogP contribution in [0.3, 0.4) is 0 Å². The van der Waals surface area contributed by atoms with Gasteiger partial charge in [0.1, 0.15) is 23.1 Å². The van der Waals surface area contributed by atoms with Gasteiger partial charge in [-0.05, 0) is 48.6 Å². The molecule has 3 nitrogen and oxygen atoms in total. The molecule has 23 heavy (non-hydrogen) atoms. The highest BCUT2D eigenvalue weighted by atomic mass is 32.2. The van der Waals surface area contributed by atoms with Crippen molar-refractivity contribution in [2.75, 3.05) is 17.6 Å². The number of hydrogen-bond donors (Lipinski definition) is 2. The minimum atomic E-state index is -0.827. The molecule has 2 amide bonds. The molecule has 0 aliphatic rings. The fraction of sp³-hybridized carbons (Fsp3) is 0.188. The van der Waals surface area contributed by atoms with Gasteiger partial charge in [-0.1, -0.05) is 6.07 Å². The van der Waals surface area contributed by atoms with Gasteiger partial charge in [0.05, 0.1) is 0 Å². The second-order valence-corrected chi connectivity index (χ2v) is 5.80. The van der Waals surface area contributed by atoms with Gasteiger partial charge >= 0.3 is 6.03 Å². The van der Waals surface area contributed by atoms with Crippen molar-refractivity contribution in [3.05, 3.63) is 59.9 Å². The maximum absolute atomic E-state index is 13.4. The van der Waals surface area contributed by atoms with E-state index in [9.17, 15) is 18.0 Å². The Labute approximate surface area is 136 Å². The van der Waals surface area contributed by atoms with Crippen LogP contribution in [0.1, 0.15) is 6.42 Å². The van der Waals surface area contributed by atoms with Gasteiger partial charge in [-0.2, -0.15) is 0 Å². The maximum atomic E-state index is 13.4. The number of anilines is 1. The molecule has 122 valence electrons. The molecule has 2 N–H and O–H groups in total. The Balaban J connectivity index is 1.68. The van der Waals surface area contributed by atoms with E-state index in [0.717, 1.165) is 22.8 Å². The zero-order valence-electron chi connectivity index (χ0n) is 12.1. The number of carbonyl (C=O) groups excluding carboxylic acids is 1. The van der Waals surface area contributed by atoms with E-state index in [1.807, 2.05) is 0 Å². The normalized spacial score (nSPS) is 10.4. The lowest BCUT2D eigenvalue weighted by molar-refractivity contribution is 0.252. The lowest BCUT2D eigenvalue weighted by atomic mass is 10.3. The Morgan fingerprint density at radius 2 is 1.65 bits per heavy atom. The van der Waals surface area contributed by atoms with Crippen LogP contribution in [0.4, 0.5) is 23.7 Å². The molecule has 0 aliphatic heterocycles. The first-order chi connectivity index (χ1) is 11.1. The van der Waals surface area contributed by atoms with Gasteiger partial charge < -0.3 is 10.6 Å². The number of hydrogen-bond acceptors (Lipinski definition) is 2. The molecule has 0 unspecified atom stereocenters. The molecule has 0 aliphatic carbocycles. The van der Waals surface area contributed by atoms with Crippen LogP contribution in [0.25, 0.3) is 0 Å². The average molecular weight is 340 g/mol. The summed E-state index contributed by atoms with van der Waals surface area (Å²) in [6.45, 7) is 0.357. The van der Waals surface area contributed by atoms with E-state index in [-0.39, 0.29) is 5.82 Å². The van der Waals surface area contributed by atoms with Crippen molar-refractivity contribution in [2.45, 2.75) is 11.3 Å². The number of nitrogens with one attached hydrogen (secondary N) is 2. The monoisotopic (exact) mass is 340 g/mol. The van der Waals surface area contributed by atoms with Crippen molar-refractivity contribution < 1.29 is 18.0 Å². The summed E-state index contributed by atoms with van der Waals surface area (Å²) in [6.07, 6.45) is 0.662. The fourth-order valence-electron chi connectivity index (χ4n) is 1.77. The number of halogens is 3. The summed E-state index contributed by atoms with van der Waals surface area (Å²) in [4.78, 5) is 12.5. The predicted molar refractivity (Wildman–Crippen MR) is 85.1 cm³/mol. The highest BCUT2D eigenvalue weighted by molar-refractivity contribution is 7.99. The number of rotatable bonds is 6. The topological polar surface area (TPSA) is 41.1 Å². The summed E-state index contributed by atoms with van der Waals surface area (Å²) >= 11 is 1.53. The van der Waals surface area contributed by atoms with Crippen LogP contribution in [-0.4, -0.2) is 18.3 Å². The summed E-state index contributed by atoms with van der Waals surface area (Å²) in [5.41, 5.74) is -0.467. The molecule has 0 heterocycles. The predicted octanol–water partition coefficient (Wildman–Crippen LogP) is 4.41. The number of thioether (sulfide) groups is 1. The minimum absolute atomic E-state index is 0.284. The molecule has 0 aromatic heterocycles. The van der Waals surface area contributed by atoms with Crippen LogP contribution in [-0.2, 0) is 0 Å². The molecule has 0 spiro atoms. The van der Waals surface area contributed by atoms with Crippen LogP contribution in [0.15, 0.2) is 47.4 Å². The summed E-state index contributed by atoms with van der Waals surface area (Å²) in [5.74, 6) is -1.22. The Bertz CT molecular complexity index is 645. The summed E-state index contributed by atoms with van der Waals surface area (Å²) in [6, 6.07) is 8.83. The molecule has 0 saturated carbocycles. The third-order valence-corrected chi connectivity index (χ3v) is 3.99. The van der Waals surface area contributed by atoms with Gasteiger partial charge in [-0.25, -0.2) is 18.0 Å². The first-order valence-electron chi connectivity index (χ1n) is 6.93. The van der Waals surface area contributed by atoms with E-state index in [1.54, 1.807) is 12.1 Å². The van der Waals surface area contributed by atoms with Crippen molar-refractivity contribution in [1.82, 2.24) is 5.32 Å². The average Bonchev–Trinajstić information content (AvgIpc) is 2.52. The SMILES string of the molecule is O=C(NCCCSc1ccc(F)cc1)Nc1c(F)cccc1F. The summed E-state index contributed by atoms with van der Waals surface area (Å²) in [7, 11) is 0. The van der Waals surface area contributed by atoms with E-state index in [4.69, 9.17) is 0 Å². The fourth-order valence-corrected chi connectivity index (χ4v) is 2.62. The first-order valence-corrected chi connectivity index (χ1v) is 7.92. The second kappa shape index (κ2) is 8.47. The third kappa shape index (κ3) is 5.52. The Morgan fingerprint density at radius 1 is 1.00 bits per heavy atom. The van der Waals surface area contributed by atoms with Crippen molar-refractivity contribution in [3.63, 3.8) is 0 Å². The standard InChI is InChI=1S/C16H15F3N2OS/c17-11-5-7-12(8-6-11)23-10-2-9-20-16(22)21-15-13(18)3-1-4-14(15)19/h1,3-8H,2,9-10H2,(H2,20,21,22). The summed E-state index contributed by atoms with van der Waals surface area (Å²) in [5, 5.41) is 4.67. The molecule has 0 fully saturated rings. The van der Waals surface area contributed by atoms with E-state index >= 15 is 0 Å². The van der Waals surface area contributed by atoms with Crippen LogP contribution in [0.5, 0.6) is 0 Å². The molecule has 0 atom stereocenters. The lowest BCUT2D eigenvalue weighted by Gasteiger charge is -2.09. The quantitative estimate of drug-likeness (QED) is 0.604. The Hall–Kier alpha value is -2.15. The summed E-state index contributed by atoms with van der Waals surface area (Å²) < 4.78 is 39.5. The van der Waals surface area contributed by atoms with Gasteiger partial charge in [0, 0.05) is 11.4 Å². The van der Waals surface area contributed by atoms with Crippen molar-refractivity contribution >= 4 is 23.5 Å². The van der Waals surface area contributed by atoms with E-state index in [1.165, 1.54) is 30.0 Å². The lowest BCUT2D eigenvalue weighted by Crippen LogP contribution is -2.30. The largest absolute Gasteiger partial charge is 0.338 e. The van der Waals surface area contributed by atoms with Crippen molar-refractivity contribution in [3.8, 4) is 0 Å². The zero-order valence-corrected chi connectivity index (χ0v) is 12.9. The molecule has 2 aromatic rings. The van der Waals surface area contributed by atoms with Crippen molar-refractivity contribution in [2.24, 2.45) is 0 Å². The van der Waals surface area contributed by atoms with E-state index in [2.05, 4.69) is 10.6 Å². The van der Waals surface area contributed by atoms with Gasteiger partial charge in [0.25, 0.3) is 0 Å². The van der Waals surface area contributed by atoms with Crippen LogP contribution in [0, 0.1) is 17.5 Å². The second-order valence-electron chi connectivity index (χ2n) is 4.63.